The molecule has 2 aromatic heterocycles. The molecule has 0 bridgehead atoms. The number of aromatic amines is 1. The first-order valence-corrected chi connectivity index (χ1v) is 5.65. The first-order valence-electron chi connectivity index (χ1n) is 5.65. The van der Waals surface area contributed by atoms with E-state index >= 15 is 0 Å². The van der Waals surface area contributed by atoms with Crippen molar-refractivity contribution in [1.82, 2.24) is 19.9 Å². The minimum atomic E-state index is -1.55. The van der Waals surface area contributed by atoms with E-state index in [1.807, 2.05) is 0 Å². The van der Waals surface area contributed by atoms with Crippen LogP contribution >= 0.6 is 0 Å². The smallest absolute Gasteiger partial charge is 0.225 e. The van der Waals surface area contributed by atoms with Gasteiger partial charge in [0.2, 0.25) is 6.29 Å². The lowest BCUT2D eigenvalue weighted by Gasteiger charge is -2.32. The largest absolute Gasteiger partial charge is 0.388 e. The van der Waals surface area contributed by atoms with Crippen LogP contribution in [0.5, 0.6) is 0 Å². The molecular formula is C10H13FN4O5. The van der Waals surface area contributed by atoms with E-state index in [-0.39, 0.29) is 6.61 Å². The molecule has 2 aromatic rings. The van der Waals surface area contributed by atoms with Crippen LogP contribution in [0.25, 0.3) is 11.2 Å². The first kappa shape index (κ1) is 14.7. The molecule has 1 aliphatic rings. The number of aliphatic hydroxyl groups is 3. The summed E-state index contributed by atoms with van der Waals surface area (Å²) in [4.78, 5) is 17.7. The molecule has 110 valence electrons. The van der Waals surface area contributed by atoms with Crippen molar-refractivity contribution >= 4 is 11.2 Å². The number of hydrogen-bond donors (Lipinski definition) is 4. The fourth-order valence-corrected chi connectivity index (χ4v) is 1.55. The van der Waals surface area contributed by atoms with E-state index in [9.17, 15) is 4.53 Å². The Hall–Kier alpha value is -1.72. The maximum atomic E-state index is 11.5. The van der Waals surface area contributed by atoms with Gasteiger partial charge in [0.15, 0.2) is 5.65 Å². The zero-order valence-corrected chi connectivity index (χ0v) is 10.1. The third-order valence-corrected chi connectivity index (χ3v) is 2.64. The van der Waals surface area contributed by atoms with E-state index < -0.39 is 24.6 Å². The highest BCUT2D eigenvalue weighted by atomic mass is 19.3. The van der Waals surface area contributed by atoms with Crippen molar-refractivity contribution in [2.24, 2.45) is 0 Å². The SMILES string of the molecule is O[C@@H]1[C@H](OF)OC[C@@H](O)[C@H]1O.c1ncc2[nH]cnc2n1. The Kier molecular flexibility index (Phi) is 4.87. The van der Waals surface area contributed by atoms with Gasteiger partial charge in [-0.3, -0.25) is 0 Å². The number of hydrogen-bond acceptors (Lipinski definition) is 8. The van der Waals surface area contributed by atoms with Gasteiger partial charge >= 0.3 is 0 Å². The van der Waals surface area contributed by atoms with Crippen LogP contribution in [0.3, 0.4) is 0 Å². The molecule has 4 N–H and O–H groups in total. The third-order valence-electron chi connectivity index (χ3n) is 2.64. The van der Waals surface area contributed by atoms with Crippen molar-refractivity contribution in [1.29, 1.82) is 0 Å². The lowest BCUT2D eigenvalue weighted by atomic mass is 10.1. The van der Waals surface area contributed by atoms with Gasteiger partial charge in [-0.2, -0.15) is 4.94 Å². The fourth-order valence-electron chi connectivity index (χ4n) is 1.55. The van der Waals surface area contributed by atoms with E-state index in [2.05, 4.69) is 29.6 Å². The molecule has 0 aromatic carbocycles. The molecule has 1 fully saturated rings. The standard InChI is InChI=1S/C5H9FO5.C5H4N4/c6-11-5-4(9)3(8)2(7)1-10-5;1-4-5(8-2-6-1)9-3-7-4/h2-5,7-9H,1H2;1-3H,(H,6,7,8,9)/t2-,3-,4+,5+;/m1./s1. The Bertz CT molecular complexity index is 509. The summed E-state index contributed by atoms with van der Waals surface area (Å²) in [5.74, 6) is 0. The topological polar surface area (TPSA) is 134 Å². The predicted molar refractivity (Wildman–Crippen MR) is 61.6 cm³/mol. The zero-order chi connectivity index (χ0) is 14.5. The van der Waals surface area contributed by atoms with E-state index in [0.717, 1.165) is 5.52 Å². The lowest BCUT2D eigenvalue weighted by Crippen LogP contribution is -2.53. The van der Waals surface area contributed by atoms with Crippen molar-refractivity contribution in [2.45, 2.75) is 24.6 Å². The summed E-state index contributed by atoms with van der Waals surface area (Å²) >= 11 is 0. The van der Waals surface area contributed by atoms with Crippen LogP contribution in [0.1, 0.15) is 0 Å². The number of nitrogens with one attached hydrogen (secondary N) is 1. The third kappa shape index (κ3) is 3.23. The van der Waals surface area contributed by atoms with Crippen LogP contribution in [0.4, 0.5) is 4.53 Å². The Labute approximate surface area is 111 Å². The number of aromatic nitrogens is 4. The van der Waals surface area contributed by atoms with E-state index in [1.165, 1.54) is 6.33 Å². The molecule has 20 heavy (non-hydrogen) atoms. The van der Waals surface area contributed by atoms with Crippen LogP contribution in [-0.2, 0) is 9.68 Å². The summed E-state index contributed by atoms with van der Waals surface area (Å²) in [7, 11) is 0. The molecule has 9 nitrogen and oxygen atoms in total. The second-order valence-electron chi connectivity index (χ2n) is 4.00. The molecule has 1 aliphatic heterocycles. The number of imidazole rings is 1. The molecule has 0 saturated carbocycles. The van der Waals surface area contributed by atoms with Gasteiger partial charge in [0.1, 0.15) is 30.2 Å². The van der Waals surface area contributed by atoms with Gasteiger partial charge in [-0.1, -0.05) is 0 Å². The summed E-state index contributed by atoms with van der Waals surface area (Å²) in [5, 5.41) is 26.7. The minimum Gasteiger partial charge on any atom is -0.388 e. The summed E-state index contributed by atoms with van der Waals surface area (Å²) < 4.78 is 15.9. The summed E-state index contributed by atoms with van der Waals surface area (Å²) in [5.41, 5.74) is 1.59. The zero-order valence-electron chi connectivity index (χ0n) is 10.1. The average Bonchev–Trinajstić information content (AvgIpc) is 2.94. The van der Waals surface area contributed by atoms with Crippen LogP contribution in [0.15, 0.2) is 18.9 Å². The molecule has 10 heteroatoms. The average molecular weight is 288 g/mol. The van der Waals surface area contributed by atoms with Crippen LogP contribution in [0, 0.1) is 0 Å². The van der Waals surface area contributed by atoms with Gasteiger partial charge in [0, 0.05) is 0 Å². The molecular weight excluding hydrogens is 275 g/mol. The highest BCUT2D eigenvalue weighted by Crippen LogP contribution is 2.16. The van der Waals surface area contributed by atoms with Crippen LogP contribution in [0.2, 0.25) is 0 Å². The molecule has 1 saturated heterocycles. The molecule has 0 spiro atoms. The van der Waals surface area contributed by atoms with Gasteiger partial charge in [-0.05, 0) is 4.53 Å². The molecule has 0 amide bonds. The van der Waals surface area contributed by atoms with Crippen molar-refractivity contribution in [2.75, 3.05) is 6.61 Å². The maximum absolute atomic E-state index is 11.5. The van der Waals surface area contributed by atoms with Crippen molar-refractivity contribution < 1.29 is 29.5 Å². The Morgan fingerprint density at radius 2 is 2.10 bits per heavy atom. The first-order chi connectivity index (χ1) is 9.63. The van der Waals surface area contributed by atoms with E-state index in [0.29, 0.717) is 5.65 Å². The molecule has 0 unspecified atom stereocenters. The lowest BCUT2D eigenvalue weighted by molar-refractivity contribution is -0.341. The monoisotopic (exact) mass is 288 g/mol. The van der Waals surface area contributed by atoms with E-state index in [4.69, 9.17) is 15.3 Å². The Balaban J connectivity index is 0.000000149. The predicted octanol–water partition coefficient (Wildman–Crippen LogP) is -1.32. The maximum Gasteiger partial charge on any atom is 0.225 e. The number of H-pyrrole nitrogens is 1. The normalized spacial score (nSPS) is 29.8. The van der Waals surface area contributed by atoms with Crippen molar-refractivity contribution in [3.8, 4) is 0 Å². The van der Waals surface area contributed by atoms with E-state index in [1.54, 1.807) is 12.5 Å². The highest BCUT2D eigenvalue weighted by Gasteiger charge is 2.38. The molecule has 0 aliphatic carbocycles. The number of halogens is 1. The second-order valence-corrected chi connectivity index (χ2v) is 4.00. The minimum absolute atomic E-state index is 0.257. The molecule has 0 radical (unpaired) electrons. The summed E-state index contributed by atoms with van der Waals surface area (Å²) in [6, 6.07) is 0. The van der Waals surface area contributed by atoms with Gasteiger partial charge in [-0.25, -0.2) is 15.0 Å². The number of aliphatic hydroxyl groups excluding tert-OH is 3. The fraction of sp³-hybridized carbons (Fsp3) is 0.500. The van der Waals surface area contributed by atoms with Crippen LogP contribution < -0.4 is 0 Å². The number of fused-ring (bicyclic) bond motifs is 1. The number of nitrogens with zero attached hydrogens (tertiary/aromatic N) is 3. The number of ether oxygens (including phenoxy) is 1. The van der Waals surface area contributed by atoms with Gasteiger partial charge in [-0.15, -0.1) is 0 Å². The molecule has 3 rings (SSSR count). The van der Waals surface area contributed by atoms with Crippen molar-refractivity contribution in [3.63, 3.8) is 0 Å². The number of rotatable bonds is 1. The van der Waals surface area contributed by atoms with Crippen molar-refractivity contribution in [3.05, 3.63) is 18.9 Å². The molecule has 3 heterocycles. The van der Waals surface area contributed by atoms with Gasteiger partial charge in [0.25, 0.3) is 0 Å². The quantitative estimate of drug-likeness (QED) is 0.507. The highest BCUT2D eigenvalue weighted by molar-refractivity contribution is 5.67. The van der Waals surface area contributed by atoms with Gasteiger partial charge in [0.05, 0.1) is 19.1 Å². The Morgan fingerprint density at radius 3 is 2.80 bits per heavy atom. The summed E-state index contributed by atoms with van der Waals surface area (Å²) in [6.07, 6.45) is -0.921. The van der Waals surface area contributed by atoms with Crippen LogP contribution in [-0.4, -0.2) is 66.5 Å². The Morgan fingerprint density at radius 1 is 1.30 bits per heavy atom. The van der Waals surface area contributed by atoms with Gasteiger partial charge < -0.3 is 25.0 Å². The molecule has 4 atom stereocenters. The summed E-state index contributed by atoms with van der Waals surface area (Å²) in [6.45, 7) is -0.257. The second kappa shape index (κ2) is 6.63.